The molecule has 0 radical (unpaired) electrons. The normalized spacial score (nSPS) is 18.3. The van der Waals surface area contributed by atoms with Crippen molar-refractivity contribution in [2.75, 3.05) is 19.0 Å². The number of benzene rings is 1. The van der Waals surface area contributed by atoms with E-state index in [4.69, 9.17) is 14.0 Å². The predicted molar refractivity (Wildman–Crippen MR) is 109 cm³/mol. The number of carbonyl (C=O) groups excluding carboxylic acids is 1. The molecule has 0 bridgehead atoms. The minimum atomic E-state index is -0.523. The number of unbranched alkanes of at least 4 members (excludes halogenated alkanes) is 1. The Hall–Kier alpha value is -0.815. The average molecular weight is 378 g/mol. The standard InChI is InChI=1S/C20H31BO4S/c1-6-7-12-23-13-9-14-26-17-11-8-10-16(15-22)18(17)21-24-19(2,3)20(4,5)25-21/h8,10-11,15H,6-7,9,12-14H2,1-5H3. The van der Waals surface area contributed by atoms with Gasteiger partial charge in [0.2, 0.25) is 0 Å². The zero-order chi connectivity index (χ0) is 19.2. The van der Waals surface area contributed by atoms with Crippen LogP contribution in [0.3, 0.4) is 0 Å². The van der Waals surface area contributed by atoms with E-state index in [0.29, 0.717) is 5.56 Å². The highest BCUT2D eigenvalue weighted by molar-refractivity contribution is 7.99. The van der Waals surface area contributed by atoms with Crippen LogP contribution in [-0.2, 0) is 14.0 Å². The summed E-state index contributed by atoms with van der Waals surface area (Å²) in [5.41, 5.74) is 0.622. The van der Waals surface area contributed by atoms with Crippen molar-refractivity contribution in [3.8, 4) is 0 Å². The lowest BCUT2D eigenvalue weighted by Gasteiger charge is -2.32. The van der Waals surface area contributed by atoms with Crippen LogP contribution in [0.2, 0.25) is 0 Å². The molecule has 6 heteroatoms. The molecular weight excluding hydrogens is 347 g/mol. The number of thioether (sulfide) groups is 1. The fraction of sp³-hybridized carbons (Fsp3) is 0.650. The summed E-state index contributed by atoms with van der Waals surface area (Å²) in [4.78, 5) is 12.6. The van der Waals surface area contributed by atoms with Gasteiger partial charge in [-0.2, -0.15) is 0 Å². The molecular formula is C20H31BO4S. The van der Waals surface area contributed by atoms with Crippen LogP contribution in [0, 0.1) is 0 Å². The zero-order valence-corrected chi connectivity index (χ0v) is 17.5. The highest BCUT2D eigenvalue weighted by Crippen LogP contribution is 2.37. The average Bonchev–Trinajstić information content (AvgIpc) is 2.81. The van der Waals surface area contributed by atoms with Gasteiger partial charge >= 0.3 is 7.12 Å². The first kappa shape index (κ1) is 21.5. The van der Waals surface area contributed by atoms with E-state index >= 15 is 0 Å². The number of hydrogen-bond donors (Lipinski definition) is 0. The molecule has 144 valence electrons. The first-order valence-electron chi connectivity index (χ1n) is 9.46. The van der Waals surface area contributed by atoms with Gasteiger partial charge in [0.15, 0.2) is 0 Å². The van der Waals surface area contributed by atoms with Crippen molar-refractivity contribution >= 4 is 30.6 Å². The highest BCUT2D eigenvalue weighted by atomic mass is 32.2. The molecule has 0 atom stereocenters. The summed E-state index contributed by atoms with van der Waals surface area (Å²) in [5.74, 6) is 0.931. The molecule has 1 aromatic rings. The Kier molecular flexibility index (Phi) is 7.77. The monoisotopic (exact) mass is 378 g/mol. The molecule has 1 saturated heterocycles. The van der Waals surface area contributed by atoms with Crippen molar-refractivity contribution in [2.45, 2.75) is 70.0 Å². The molecule has 0 saturated carbocycles. The predicted octanol–water partition coefficient (Wildman–Crippen LogP) is 4.10. The molecule has 1 aliphatic rings. The van der Waals surface area contributed by atoms with Crippen LogP contribution in [0.1, 0.15) is 64.2 Å². The Morgan fingerprint density at radius 3 is 2.38 bits per heavy atom. The highest BCUT2D eigenvalue weighted by Gasteiger charge is 2.52. The Labute approximate surface area is 162 Å². The second kappa shape index (κ2) is 9.40. The van der Waals surface area contributed by atoms with E-state index in [1.807, 2.05) is 45.9 Å². The maximum absolute atomic E-state index is 11.6. The number of ether oxygens (including phenoxy) is 1. The molecule has 1 heterocycles. The second-order valence-electron chi connectivity index (χ2n) is 7.63. The molecule has 1 aliphatic heterocycles. The van der Waals surface area contributed by atoms with Crippen LogP contribution in [0.5, 0.6) is 0 Å². The van der Waals surface area contributed by atoms with Gasteiger partial charge in [-0.3, -0.25) is 4.79 Å². The van der Waals surface area contributed by atoms with Gasteiger partial charge in [0.1, 0.15) is 6.29 Å². The third-order valence-corrected chi connectivity index (χ3v) is 6.21. The summed E-state index contributed by atoms with van der Waals surface area (Å²) in [6, 6.07) is 5.78. The SMILES string of the molecule is CCCCOCCCSc1cccc(C=O)c1B1OC(C)(C)C(C)(C)O1. The van der Waals surface area contributed by atoms with Gasteiger partial charge in [0.05, 0.1) is 11.2 Å². The van der Waals surface area contributed by atoms with Crippen LogP contribution in [0.4, 0.5) is 0 Å². The van der Waals surface area contributed by atoms with Gasteiger partial charge in [-0.1, -0.05) is 25.5 Å². The van der Waals surface area contributed by atoms with Crippen LogP contribution in [0.15, 0.2) is 23.1 Å². The van der Waals surface area contributed by atoms with Crippen molar-refractivity contribution in [3.63, 3.8) is 0 Å². The molecule has 4 nitrogen and oxygen atoms in total. The summed E-state index contributed by atoms with van der Waals surface area (Å²) >= 11 is 1.73. The van der Waals surface area contributed by atoms with E-state index in [1.54, 1.807) is 11.8 Å². The Bertz CT molecular complexity index is 587. The second-order valence-corrected chi connectivity index (χ2v) is 8.77. The number of hydrogen-bond acceptors (Lipinski definition) is 5. The van der Waals surface area contributed by atoms with Crippen LogP contribution >= 0.6 is 11.8 Å². The summed E-state index contributed by atoms with van der Waals surface area (Å²) in [6.07, 6.45) is 4.13. The summed E-state index contributed by atoms with van der Waals surface area (Å²) in [7, 11) is -0.523. The lowest BCUT2D eigenvalue weighted by molar-refractivity contribution is 0.00578. The number of aldehydes is 1. The molecule has 1 fully saturated rings. The summed E-state index contributed by atoms with van der Waals surface area (Å²) < 4.78 is 18.0. The minimum Gasteiger partial charge on any atom is -0.399 e. The lowest BCUT2D eigenvalue weighted by Crippen LogP contribution is -2.41. The topological polar surface area (TPSA) is 44.8 Å². The van der Waals surface area contributed by atoms with Crippen molar-refractivity contribution < 1.29 is 18.8 Å². The van der Waals surface area contributed by atoms with Gasteiger partial charge in [0, 0.05) is 34.9 Å². The number of rotatable bonds is 10. The summed E-state index contributed by atoms with van der Waals surface area (Å²) in [5, 5.41) is 0. The maximum atomic E-state index is 11.6. The third-order valence-electron chi connectivity index (χ3n) is 5.05. The molecule has 0 N–H and O–H groups in total. The Morgan fingerprint density at radius 1 is 1.12 bits per heavy atom. The molecule has 0 aromatic heterocycles. The largest absolute Gasteiger partial charge is 0.496 e. The van der Waals surface area contributed by atoms with E-state index in [2.05, 4.69) is 6.92 Å². The molecule has 0 unspecified atom stereocenters. The van der Waals surface area contributed by atoms with E-state index < -0.39 is 18.3 Å². The van der Waals surface area contributed by atoms with Crippen LogP contribution in [0.25, 0.3) is 0 Å². The lowest BCUT2D eigenvalue weighted by atomic mass is 9.76. The first-order chi connectivity index (χ1) is 12.3. The van der Waals surface area contributed by atoms with E-state index in [1.165, 1.54) is 0 Å². The van der Waals surface area contributed by atoms with E-state index in [0.717, 1.165) is 54.9 Å². The van der Waals surface area contributed by atoms with Crippen molar-refractivity contribution in [3.05, 3.63) is 23.8 Å². The summed E-state index contributed by atoms with van der Waals surface area (Å²) in [6.45, 7) is 11.9. The Morgan fingerprint density at radius 2 is 1.77 bits per heavy atom. The third kappa shape index (κ3) is 5.13. The van der Waals surface area contributed by atoms with Crippen molar-refractivity contribution in [2.24, 2.45) is 0 Å². The van der Waals surface area contributed by atoms with Crippen LogP contribution in [-0.4, -0.2) is 43.6 Å². The first-order valence-corrected chi connectivity index (χ1v) is 10.4. The van der Waals surface area contributed by atoms with Crippen molar-refractivity contribution in [1.82, 2.24) is 0 Å². The van der Waals surface area contributed by atoms with Gasteiger partial charge in [-0.15, -0.1) is 11.8 Å². The molecule has 0 aliphatic carbocycles. The molecule has 2 rings (SSSR count). The fourth-order valence-corrected chi connectivity index (χ4v) is 3.72. The maximum Gasteiger partial charge on any atom is 0.496 e. The van der Waals surface area contributed by atoms with Crippen molar-refractivity contribution in [1.29, 1.82) is 0 Å². The molecule has 0 amide bonds. The van der Waals surface area contributed by atoms with Crippen LogP contribution < -0.4 is 5.46 Å². The van der Waals surface area contributed by atoms with Gasteiger partial charge in [-0.05, 0) is 46.6 Å². The molecule has 1 aromatic carbocycles. The minimum absolute atomic E-state index is 0.428. The molecule has 0 spiro atoms. The quantitative estimate of drug-likeness (QED) is 0.266. The Balaban J connectivity index is 2.05. The fourth-order valence-electron chi connectivity index (χ4n) is 2.69. The number of carbonyl (C=O) groups is 1. The smallest absolute Gasteiger partial charge is 0.399 e. The zero-order valence-electron chi connectivity index (χ0n) is 16.7. The van der Waals surface area contributed by atoms with Gasteiger partial charge < -0.3 is 14.0 Å². The van der Waals surface area contributed by atoms with Gasteiger partial charge in [-0.25, -0.2) is 0 Å². The molecule has 26 heavy (non-hydrogen) atoms. The van der Waals surface area contributed by atoms with Gasteiger partial charge in [0.25, 0.3) is 0 Å². The van der Waals surface area contributed by atoms with E-state index in [9.17, 15) is 4.79 Å². The van der Waals surface area contributed by atoms with E-state index in [-0.39, 0.29) is 0 Å².